The van der Waals surface area contributed by atoms with Crippen molar-refractivity contribution in [3.05, 3.63) is 83.0 Å². The number of carbonyl (C=O) groups excluding carboxylic acids is 2. The molecule has 0 unspecified atom stereocenters. The molecule has 0 atom stereocenters. The SMILES string of the molecule is CCOc1ccc(NC(=O)COc2ccc(/C=C3\SC(=S)N(c4ccc(F)cc4)C3=O)cc2OC)cc1. The van der Waals surface area contributed by atoms with Gasteiger partial charge in [-0.25, -0.2) is 4.39 Å². The first-order valence-electron chi connectivity index (χ1n) is 11.2. The van der Waals surface area contributed by atoms with Gasteiger partial charge in [0.2, 0.25) is 0 Å². The third kappa shape index (κ3) is 6.46. The third-order valence-corrected chi connectivity index (χ3v) is 6.47. The minimum Gasteiger partial charge on any atom is -0.494 e. The number of carbonyl (C=O) groups is 2. The molecule has 0 saturated carbocycles. The number of thioether (sulfide) groups is 1. The maximum atomic E-state index is 13.3. The summed E-state index contributed by atoms with van der Waals surface area (Å²) in [4.78, 5) is 27.1. The molecule has 0 bridgehead atoms. The van der Waals surface area contributed by atoms with Crippen LogP contribution in [-0.2, 0) is 9.59 Å². The number of nitrogens with zero attached hydrogens (tertiary/aromatic N) is 1. The van der Waals surface area contributed by atoms with Gasteiger partial charge >= 0.3 is 0 Å². The van der Waals surface area contributed by atoms with Crippen LogP contribution in [0, 0.1) is 5.82 Å². The highest BCUT2D eigenvalue weighted by Gasteiger charge is 2.33. The first-order chi connectivity index (χ1) is 17.9. The Hall–Kier alpha value is -3.89. The van der Waals surface area contributed by atoms with E-state index in [-0.39, 0.29) is 18.4 Å². The second kappa shape index (κ2) is 11.9. The minimum atomic E-state index is -0.396. The molecule has 3 aromatic rings. The molecular formula is C27H23FN2O5S2. The molecular weight excluding hydrogens is 515 g/mol. The van der Waals surface area contributed by atoms with Crippen LogP contribution in [0.25, 0.3) is 6.08 Å². The van der Waals surface area contributed by atoms with Crippen LogP contribution in [0.3, 0.4) is 0 Å². The van der Waals surface area contributed by atoms with E-state index in [4.69, 9.17) is 26.4 Å². The summed E-state index contributed by atoms with van der Waals surface area (Å²) in [6, 6.07) is 17.7. The number of ether oxygens (including phenoxy) is 3. The van der Waals surface area contributed by atoms with E-state index < -0.39 is 5.82 Å². The van der Waals surface area contributed by atoms with Crippen molar-refractivity contribution in [2.24, 2.45) is 0 Å². The molecule has 3 aromatic carbocycles. The highest BCUT2D eigenvalue weighted by Crippen LogP contribution is 2.37. The van der Waals surface area contributed by atoms with Gasteiger partial charge in [0.05, 0.1) is 24.3 Å². The second-order valence-corrected chi connectivity index (χ2v) is 9.37. The molecule has 1 fully saturated rings. The smallest absolute Gasteiger partial charge is 0.270 e. The lowest BCUT2D eigenvalue weighted by molar-refractivity contribution is -0.118. The lowest BCUT2D eigenvalue weighted by Crippen LogP contribution is -2.27. The highest BCUT2D eigenvalue weighted by molar-refractivity contribution is 8.27. The van der Waals surface area contributed by atoms with Crippen LogP contribution in [0.1, 0.15) is 12.5 Å². The molecule has 0 aromatic heterocycles. The standard InChI is InChI=1S/C27H23FN2O5S2/c1-3-34-21-11-7-19(8-12-21)29-25(31)16-35-22-13-4-17(14-23(22)33-2)15-24-26(32)30(27(36)37-24)20-9-5-18(28)6-10-20/h4-15H,3,16H2,1-2H3,(H,29,31)/b24-15-. The largest absolute Gasteiger partial charge is 0.494 e. The van der Waals surface area contributed by atoms with Gasteiger partial charge in [-0.2, -0.15) is 0 Å². The normalized spacial score (nSPS) is 14.1. The van der Waals surface area contributed by atoms with Crippen molar-refractivity contribution in [3.63, 3.8) is 0 Å². The van der Waals surface area contributed by atoms with E-state index in [1.54, 1.807) is 48.5 Å². The van der Waals surface area contributed by atoms with E-state index in [9.17, 15) is 14.0 Å². The van der Waals surface area contributed by atoms with Crippen molar-refractivity contribution >= 4 is 57.6 Å². The van der Waals surface area contributed by atoms with E-state index in [0.717, 1.165) is 17.5 Å². The zero-order valence-electron chi connectivity index (χ0n) is 20.0. The first kappa shape index (κ1) is 26.2. The van der Waals surface area contributed by atoms with Gasteiger partial charge in [-0.05, 0) is 79.2 Å². The average molecular weight is 539 g/mol. The Kier molecular flexibility index (Phi) is 8.42. The lowest BCUT2D eigenvalue weighted by atomic mass is 10.2. The maximum absolute atomic E-state index is 13.3. The van der Waals surface area contributed by atoms with Crippen molar-refractivity contribution < 1.29 is 28.2 Å². The maximum Gasteiger partial charge on any atom is 0.270 e. The molecule has 2 amide bonds. The predicted molar refractivity (Wildman–Crippen MR) is 147 cm³/mol. The summed E-state index contributed by atoms with van der Waals surface area (Å²) in [5.41, 5.74) is 1.80. The van der Waals surface area contributed by atoms with E-state index in [2.05, 4.69) is 5.32 Å². The summed E-state index contributed by atoms with van der Waals surface area (Å²) in [5.74, 6) is 0.468. The van der Waals surface area contributed by atoms with Gasteiger partial charge in [-0.3, -0.25) is 14.5 Å². The number of methoxy groups -OCH3 is 1. The Morgan fingerprint density at radius 3 is 2.46 bits per heavy atom. The zero-order chi connectivity index (χ0) is 26.4. The molecule has 1 heterocycles. The van der Waals surface area contributed by atoms with Crippen molar-refractivity contribution in [2.45, 2.75) is 6.92 Å². The summed E-state index contributed by atoms with van der Waals surface area (Å²) < 4.78 is 30.1. The lowest BCUT2D eigenvalue weighted by Gasteiger charge is -2.14. The van der Waals surface area contributed by atoms with Crippen LogP contribution in [-0.4, -0.2) is 36.5 Å². The van der Waals surface area contributed by atoms with E-state index >= 15 is 0 Å². The summed E-state index contributed by atoms with van der Waals surface area (Å²) in [6.45, 7) is 2.24. The number of thiocarbonyl (C=S) groups is 1. The van der Waals surface area contributed by atoms with Gasteiger partial charge in [-0.1, -0.05) is 30.0 Å². The number of nitrogens with one attached hydrogen (secondary N) is 1. The molecule has 0 radical (unpaired) electrons. The molecule has 37 heavy (non-hydrogen) atoms. The van der Waals surface area contributed by atoms with Crippen LogP contribution in [0.5, 0.6) is 17.2 Å². The van der Waals surface area contributed by atoms with Gasteiger partial charge in [0.15, 0.2) is 22.4 Å². The fraction of sp³-hybridized carbons (Fsp3) is 0.148. The summed E-state index contributed by atoms with van der Waals surface area (Å²) >= 11 is 6.52. The number of amides is 2. The summed E-state index contributed by atoms with van der Waals surface area (Å²) in [6.07, 6.45) is 1.69. The zero-order valence-corrected chi connectivity index (χ0v) is 21.7. The quantitative estimate of drug-likeness (QED) is 0.278. The number of hydrogen-bond acceptors (Lipinski definition) is 7. The molecule has 4 rings (SSSR count). The molecule has 1 N–H and O–H groups in total. The number of benzene rings is 3. The molecule has 7 nitrogen and oxygen atoms in total. The van der Waals surface area contributed by atoms with Gasteiger partial charge in [0.1, 0.15) is 11.6 Å². The topological polar surface area (TPSA) is 77.1 Å². The van der Waals surface area contributed by atoms with Gasteiger partial charge in [0.25, 0.3) is 11.8 Å². The van der Waals surface area contributed by atoms with Crippen LogP contribution >= 0.6 is 24.0 Å². The Morgan fingerprint density at radius 2 is 1.78 bits per heavy atom. The molecule has 0 spiro atoms. The van der Waals surface area contributed by atoms with E-state index in [0.29, 0.717) is 44.3 Å². The van der Waals surface area contributed by atoms with Crippen molar-refractivity contribution in [1.29, 1.82) is 0 Å². The van der Waals surface area contributed by atoms with Crippen LogP contribution < -0.4 is 24.4 Å². The molecule has 1 aliphatic heterocycles. The summed E-state index contributed by atoms with van der Waals surface area (Å²) in [7, 11) is 1.49. The molecule has 0 aliphatic carbocycles. The van der Waals surface area contributed by atoms with Gasteiger partial charge in [0, 0.05) is 5.69 Å². The second-order valence-electron chi connectivity index (χ2n) is 7.70. The fourth-order valence-corrected chi connectivity index (χ4v) is 4.77. The molecule has 190 valence electrons. The number of anilines is 2. The van der Waals surface area contributed by atoms with Crippen LogP contribution in [0.4, 0.5) is 15.8 Å². The van der Waals surface area contributed by atoms with Crippen LogP contribution in [0.15, 0.2) is 71.6 Å². The average Bonchev–Trinajstić information content (AvgIpc) is 3.17. The minimum absolute atomic E-state index is 0.223. The van der Waals surface area contributed by atoms with E-state index in [1.807, 2.05) is 6.92 Å². The van der Waals surface area contributed by atoms with Gasteiger partial charge in [-0.15, -0.1) is 0 Å². The molecule has 1 saturated heterocycles. The highest BCUT2D eigenvalue weighted by atomic mass is 32.2. The van der Waals surface area contributed by atoms with Crippen LogP contribution in [0.2, 0.25) is 0 Å². The Balaban J connectivity index is 1.41. The number of halogens is 1. The molecule has 1 aliphatic rings. The summed E-state index contributed by atoms with van der Waals surface area (Å²) in [5, 5.41) is 2.76. The van der Waals surface area contributed by atoms with Crippen molar-refractivity contribution in [3.8, 4) is 17.2 Å². The Morgan fingerprint density at radius 1 is 1.05 bits per heavy atom. The number of rotatable bonds is 9. The monoisotopic (exact) mass is 538 g/mol. The fourth-order valence-electron chi connectivity index (χ4n) is 3.47. The van der Waals surface area contributed by atoms with Crippen molar-refractivity contribution in [2.75, 3.05) is 30.5 Å². The van der Waals surface area contributed by atoms with Gasteiger partial charge < -0.3 is 19.5 Å². The predicted octanol–water partition coefficient (Wildman–Crippen LogP) is 5.66. The number of hydrogen-bond donors (Lipinski definition) is 1. The third-order valence-electron chi connectivity index (χ3n) is 5.17. The Bertz CT molecular complexity index is 1340. The first-order valence-corrected chi connectivity index (χ1v) is 12.5. The van der Waals surface area contributed by atoms with E-state index in [1.165, 1.54) is 36.3 Å². The molecule has 10 heteroatoms. The van der Waals surface area contributed by atoms with Crippen molar-refractivity contribution in [1.82, 2.24) is 0 Å². The Labute approximate surface area is 223 Å².